The summed E-state index contributed by atoms with van der Waals surface area (Å²) < 4.78 is 52.0. The molecule has 0 fully saturated rings. The molecule has 1 aromatic heterocycles. The normalized spacial score (nSPS) is 13.2. The van der Waals surface area contributed by atoms with Crippen LogP contribution in [0, 0.1) is 0 Å². The van der Waals surface area contributed by atoms with Gasteiger partial charge in [-0.3, -0.25) is 4.79 Å². The summed E-state index contributed by atoms with van der Waals surface area (Å²) in [4.78, 5) is 16.9. The Balaban J connectivity index is 1.71. The number of carbonyl (C=O) groups is 1. The second-order valence-corrected chi connectivity index (χ2v) is 6.29. The molecule has 0 saturated heterocycles. The molecule has 1 aromatic carbocycles. The Kier molecular flexibility index (Phi) is 5.64. The first-order chi connectivity index (χ1) is 12.9. The van der Waals surface area contributed by atoms with E-state index < -0.39 is 18.7 Å². The molecule has 0 spiro atoms. The topological polar surface area (TPSA) is 69.7 Å². The fourth-order valence-electron chi connectivity index (χ4n) is 2.29. The van der Waals surface area contributed by atoms with Crippen molar-refractivity contribution in [3.63, 3.8) is 0 Å². The quantitative estimate of drug-likeness (QED) is 0.771. The molecule has 2 aromatic rings. The average molecular weight is 400 g/mol. The van der Waals surface area contributed by atoms with Crippen LogP contribution in [0.25, 0.3) is 0 Å². The number of amides is 1. The molecule has 0 saturated carbocycles. The summed E-state index contributed by atoms with van der Waals surface area (Å²) in [5, 5.41) is 2.75. The molecular weight excluding hydrogens is 385 g/mol. The van der Waals surface area contributed by atoms with E-state index >= 15 is 0 Å². The van der Waals surface area contributed by atoms with Gasteiger partial charge < -0.3 is 19.5 Å². The van der Waals surface area contributed by atoms with Crippen LogP contribution in [0.5, 0.6) is 17.4 Å². The molecule has 0 unspecified atom stereocenters. The van der Waals surface area contributed by atoms with E-state index in [1.165, 1.54) is 23.9 Å². The smallest absolute Gasteiger partial charge is 0.422 e. The number of thioether (sulfide) groups is 1. The van der Waals surface area contributed by atoms with Crippen LogP contribution in [0.1, 0.15) is 10.4 Å². The van der Waals surface area contributed by atoms with E-state index in [9.17, 15) is 18.0 Å². The first kappa shape index (κ1) is 19.2. The van der Waals surface area contributed by atoms with Crippen molar-refractivity contribution >= 4 is 23.4 Å². The van der Waals surface area contributed by atoms with Gasteiger partial charge in [-0.15, -0.1) is 11.8 Å². The van der Waals surface area contributed by atoms with E-state index in [4.69, 9.17) is 9.47 Å². The van der Waals surface area contributed by atoms with Gasteiger partial charge in [-0.05, 0) is 18.4 Å². The molecule has 1 N–H and O–H groups in total. The summed E-state index contributed by atoms with van der Waals surface area (Å²) >= 11 is 1.42. The number of halogens is 3. The highest BCUT2D eigenvalue weighted by molar-refractivity contribution is 7.98. The molecule has 0 bridgehead atoms. The minimum Gasteiger partial charge on any atom is -0.486 e. The Labute approximate surface area is 157 Å². The highest BCUT2D eigenvalue weighted by Gasteiger charge is 2.28. The number of hydrogen-bond acceptors (Lipinski definition) is 6. The molecule has 1 aliphatic rings. The number of nitrogens with zero attached hydrogens (tertiary/aromatic N) is 1. The number of fused-ring (bicyclic) bond motifs is 1. The summed E-state index contributed by atoms with van der Waals surface area (Å²) in [7, 11) is 0. The van der Waals surface area contributed by atoms with Crippen molar-refractivity contribution in [2.24, 2.45) is 0 Å². The average Bonchev–Trinajstić information content (AvgIpc) is 2.65. The molecular formula is C17H15F3N2O4S. The van der Waals surface area contributed by atoms with Crippen LogP contribution in [0.4, 0.5) is 18.9 Å². The molecule has 0 radical (unpaired) electrons. The van der Waals surface area contributed by atoms with Gasteiger partial charge in [0.25, 0.3) is 5.91 Å². The van der Waals surface area contributed by atoms with Crippen molar-refractivity contribution in [1.82, 2.24) is 4.98 Å². The second kappa shape index (κ2) is 7.95. The lowest BCUT2D eigenvalue weighted by atomic mass is 10.2. The number of carbonyl (C=O) groups excluding carboxylic acids is 1. The highest BCUT2D eigenvalue weighted by atomic mass is 32.2. The molecule has 1 amide bonds. The second-order valence-electron chi connectivity index (χ2n) is 5.44. The van der Waals surface area contributed by atoms with Gasteiger partial charge >= 0.3 is 6.18 Å². The zero-order valence-electron chi connectivity index (χ0n) is 14.1. The van der Waals surface area contributed by atoms with Crippen LogP contribution < -0.4 is 19.5 Å². The van der Waals surface area contributed by atoms with Gasteiger partial charge in [0.2, 0.25) is 5.88 Å². The maximum atomic E-state index is 12.4. The highest BCUT2D eigenvalue weighted by Crippen LogP contribution is 2.39. The number of aromatic nitrogens is 1. The number of alkyl halides is 3. The Bertz CT molecular complexity index is 828. The van der Waals surface area contributed by atoms with E-state index in [1.807, 2.05) is 6.26 Å². The summed E-state index contributed by atoms with van der Waals surface area (Å²) in [6.45, 7) is -0.566. The van der Waals surface area contributed by atoms with E-state index in [0.29, 0.717) is 30.4 Å². The first-order valence-electron chi connectivity index (χ1n) is 7.80. The van der Waals surface area contributed by atoms with Crippen LogP contribution in [-0.4, -0.2) is 43.1 Å². The van der Waals surface area contributed by atoms with Gasteiger partial charge in [-0.1, -0.05) is 0 Å². The minimum atomic E-state index is -4.45. The van der Waals surface area contributed by atoms with Gasteiger partial charge in [-0.25, -0.2) is 4.98 Å². The fraction of sp³-hybridized carbons (Fsp3) is 0.294. The van der Waals surface area contributed by atoms with Crippen molar-refractivity contribution in [2.45, 2.75) is 11.1 Å². The molecule has 1 aliphatic heterocycles. The van der Waals surface area contributed by atoms with Gasteiger partial charge in [0.15, 0.2) is 18.1 Å². The van der Waals surface area contributed by atoms with E-state index in [0.717, 1.165) is 11.1 Å². The number of anilines is 1. The largest absolute Gasteiger partial charge is 0.486 e. The Hall–Kier alpha value is -2.62. The third-order valence-corrected chi connectivity index (χ3v) is 4.27. The molecule has 27 heavy (non-hydrogen) atoms. The lowest BCUT2D eigenvalue weighted by Crippen LogP contribution is -2.20. The van der Waals surface area contributed by atoms with E-state index in [1.54, 1.807) is 12.1 Å². The number of rotatable bonds is 5. The SMILES string of the molecule is CSc1cc2c(cc1NC(=O)c1ccc(OCC(F)(F)F)nc1)OCCO2. The third kappa shape index (κ3) is 4.97. The Morgan fingerprint density at radius 3 is 2.56 bits per heavy atom. The van der Waals surface area contributed by atoms with E-state index in [-0.39, 0.29) is 11.4 Å². The number of hydrogen-bond donors (Lipinski definition) is 1. The number of nitrogens with one attached hydrogen (secondary N) is 1. The fourth-order valence-corrected chi connectivity index (χ4v) is 2.84. The molecule has 6 nitrogen and oxygen atoms in total. The zero-order chi connectivity index (χ0) is 19.4. The predicted molar refractivity (Wildman–Crippen MR) is 93.0 cm³/mol. The maximum Gasteiger partial charge on any atom is 0.422 e. The summed E-state index contributed by atoms with van der Waals surface area (Å²) in [5.74, 6) is 0.463. The van der Waals surface area contributed by atoms with Crippen LogP contribution in [0.3, 0.4) is 0 Å². The molecule has 3 rings (SSSR count). The predicted octanol–water partition coefficient (Wildman–Crippen LogP) is 3.77. The van der Waals surface area contributed by atoms with Crippen LogP contribution in [0.2, 0.25) is 0 Å². The number of benzene rings is 1. The van der Waals surface area contributed by atoms with Crippen molar-refractivity contribution < 1.29 is 32.2 Å². The molecule has 144 valence electrons. The molecule has 0 atom stereocenters. The monoisotopic (exact) mass is 400 g/mol. The van der Waals surface area contributed by atoms with E-state index in [2.05, 4.69) is 15.0 Å². The van der Waals surface area contributed by atoms with Crippen molar-refractivity contribution in [2.75, 3.05) is 31.4 Å². The zero-order valence-corrected chi connectivity index (χ0v) is 14.9. The van der Waals surface area contributed by atoms with Gasteiger partial charge in [0.1, 0.15) is 13.2 Å². The van der Waals surface area contributed by atoms with Crippen molar-refractivity contribution in [3.05, 3.63) is 36.0 Å². The summed E-state index contributed by atoms with van der Waals surface area (Å²) in [6, 6.07) is 6.00. The Morgan fingerprint density at radius 2 is 1.96 bits per heavy atom. The van der Waals surface area contributed by atoms with Gasteiger partial charge in [0.05, 0.1) is 11.3 Å². The first-order valence-corrected chi connectivity index (χ1v) is 9.03. The minimum absolute atomic E-state index is 0.177. The number of pyridine rings is 1. The standard InChI is InChI=1S/C17H15F3N2O4S/c1-27-14-7-13-12(24-4-5-25-13)6-11(14)22-16(23)10-2-3-15(21-8-10)26-9-17(18,19)20/h2-3,6-8H,4-5,9H2,1H3,(H,22,23). The summed E-state index contributed by atoms with van der Waals surface area (Å²) in [5.41, 5.74) is 0.713. The number of ether oxygens (including phenoxy) is 3. The molecule has 10 heteroatoms. The van der Waals surface area contributed by atoms with Crippen LogP contribution >= 0.6 is 11.8 Å². The Morgan fingerprint density at radius 1 is 1.26 bits per heavy atom. The van der Waals surface area contributed by atoms with Crippen molar-refractivity contribution in [1.29, 1.82) is 0 Å². The lowest BCUT2D eigenvalue weighted by Gasteiger charge is -2.21. The van der Waals surface area contributed by atoms with Gasteiger partial charge in [-0.2, -0.15) is 13.2 Å². The van der Waals surface area contributed by atoms with Gasteiger partial charge in [0, 0.05) is 23.2 Å². The molecule has 2 heterocycles. The van der Waals surface area contributed by atoms with Crippen LogP contribution in [0.15, 0.2) is 35.4 Å². The lowest BCUT2D eigenvalue weighted by molar-refractivity contribution is -0.154. The van der Waals surface area contributed by atoms with Crippen LogP contribution in [-0.2, 0) is 0 Å². The summed E-state index contributed by atoms with van der Waals surface area (Å²) in [6.07, 6.45) is -1.45. The van der Waals surface area contributed by atoms with Crippen molar-refractivity contribution in [3.8, 4) is 17.4 Å². The third-order valence-electron chi connectivity index (χ3n) is 3.49. The molecule has 0 aliphatic carbocycles. The maximum absolute atomic E-state index is 12.4.